The van der Waals surface area contributed by atoms with Crippen LogP contribution in [0.5, 0.6) is 0 Å². The van der Waals surface area contributed by atoms with Crippen molar-refractivity contribution in [1.82, 2.24) is 9.97 Å². The van der Waals surface area contributed by atoms with Gasteiger partial charge in [-0.05, 0) is 0 Å². The number of anilines is 2. The van der Waals surface area contributed by atoms with Crippen LogP contribution in [0.25, 0.3) is 10.9 Å². The Labute approximate surface area is 167 Å². The van der Waals surface area contributed by atoms with E-state index in [1.807, 2.05) is 49.5 Å². The Balaban J connectivity index is 1.38. The van der Waals surface area contributed by atoms with Crippen molar-refractivity contribution in [3.63, 3.8) is 0 Å². The standard InChI is InChI=1S/C21H18N4O2Se/c1-13-6-8-14(9-7-13)20(27)25-21-23-12-19(28-21)24-18(26)10-15-11-22-17-5-3-2-4-16(15)17/h2-9,11-12,22H,10H2,1H3,(H,24,26)(H,23,25,27). The quantitative estimate of drug-likeness (QED) is 0.419. The van der Waals surface area contributed by atoms with Crippen molar-refractivity contribution < 1.29 is 9.59 Å². The van der Waals surface area contributed by atoms with Gasteiger partial charge in [0.25, 0.3) is 0 Å². The number of nitrogens with zero attached hydrogens (tertiary/aromatic N) is 1. The number of nitrogens with one attached hydrogen (secondary N) is 3. The third-order valence-corrected chi connectivity index (χ3v) is 6.07. The maximum absolute atomic E-state index is 12.4. The third-order valence-electron chi connectivity index (χ3n) is 4.33. The number of rotatable bonds is 5. The molecule has 0 aliphatic heterocycles. The second kappa shape index (κ2) is 7.84. The summed E-state index contributed by atoms with van der Waals surface area (Å²) < 4.78 is 1.32. The number of aromatic amines is 1. The van der Waals surface area contributed by atoms with Crippen molar-refractivity contribution in [3.05, 3.63) is 77.6 Å². The Morgan fingerprint density at radius 1 is 1.07 bits per heavy atom. The predicted octanol–water partition coefficient (Wildman–Crippen LogP) is 3.36. The number of hydrogen-bond acceptors (Lipinski definition) is 3. The number of benzene rings is 2. The van der Waals surface area contributed by atoms with E-state index in [-0.39, 0.29) is 32.7 Å². The molecule has 4 aromatic rings. The average molecular weight is 437 g/mol. The SMILES string of the molecule is Cc1ccc(C(=O)Nc2ncc(NC(=O)Cc3c[nH]c4ccccc34)[se]2)cc1. The molecule has 0 aliphatic rings. The van der Waals surface area contributed by atoms with E-state index in [9.17, 15) is 9.59 Å². The summed E-state index contributed by atoms with van der Waals surface area (Å²) in [6.45, 7) is 1.97. The van der Waals surface area contributed by atoms with Crippen molar-refractivity contribution in [1.29, 1.82) is 0 Å². The number of carbonyl (C=O) groups is 2. The molecule has 2 amide bonds. The fraction of sp³-hybridized carbons (Fsp3) is 0.0952. The van der Waals surface area contributed by atoms with Crippen LogP contribution in [0.3, 0.4) is 0 Å². The van der Waals surface area contributed by atoms with Gasteiger partial charge in [0, 0.05) is 0 Å². The van der Waals surface area contributed by atoms with Gasteiger partial charge < -0.3 is 0 Å². The van der Waals surface area contributed by atoms with Crippen LogP contribution in [0.2, 0.25) is 0 Å². The fourth-order valence-corrected chi connectivity index (χ4v) is 4.42. The maximum atomic E-state index is 12.4. The van der Waals surface area contributed by atoms with Crippen LogP contribution in [0.15, 0.2) is 60.9 Å². The Hall–Kier alpha value is -3.15. The molecule has 0 spiro atoms. The van der Waals surface area contributed by atoms with E-state index in [4.69, 9.17) is 0 Å². The molecule has 0 aliphatic carbocycles. The van der Waals surface area contributed by atoms with Gasteiger partial charge in [0.15, 0.2) is 0 Å². The molecule has 2 heterocycles. The van der Waals surface area contributed by atoms with Crippen molar-refractivity contribution in [2.24, 2.45) is 0 Å². The first kappa shape index (κ1) is 18.2. The summed E-state index contributed by atoms with van der Waals surface area (Å²) in [6, 6.07) is 15.2. The van der Waals surface area contributed by atoms with Gasteiger partial charge in [-0.1, -0.05) is 0 Å². The zero-order chi connectivity index (χ0) is 19.5. The van der Waals surface area contributed by atoms with Crippen LogP contribution in [0, 0.1) is 6.92 Å². The summed E-state index contributed by atoms with van der Waals surface area (Å²) in [5.41, 5.74) is 3.65. The number of para-hydroxylation sites is 1. The van der Waals surface area contributed by atoms with E-state index in [0.717, 1.165) is 26.6 Å². The molecule has 140 valence electrons. The van der Waals surface area contributed by atoms with Crippen LogP contribution in [0.1, 0.15) is 21.5 Å². The number of hydrogen-bond donors (Lipinski definition) is 3. The molecule has 0 atom stereocenters. The van der Waals surface area contributed by atoms with Gasteiger partial charge in [-0.3, -0.25) is 0 Å². The van der Waals surface area contributed by atoms with Gasteiger partial charge in [0.1, 0.15) is 0 Å². The number of fused-ring (bicyclic) bond motifs is 1. The summed E-state index contributed by atoms with van der Waals surface area (Å²) in [5.74, 6) is -0.292. The van der Waals surface area contributed by atoms with Gasteiger partial charge in [-0.2, -0.15) is 0 Å². The molecule has 0 saturated carbocycles. The van der Waals surface area contributed by atoms with Gasteiger partial charge in [0.2, 0.25) is 0 Å². The fourth-order valence-electron chi connectivity index (χ4n) is 2.90. The molecule has 3 N–H and O–H groups in total. The van der Waals surface area contributed by atoms with Crippen LogP contribution in [-0.2, 0) is 11.2 Å². The molecule has 7 heteroatoms. The van der Waals surface area contributed by atoms with E-state index in [0.29, 0.717) is 10.3 Å². The second-order valence-corrected chi connectivity index (χ2v) is 8.60. The van der Waals surface area contributed by atoms with Crippen LogP contribution >= 0.6 is 0 Å². The zero-order valence-electron chi connectivity index (χ0n) is 15.2. The van der Waals surface area contributed by atoms with Gasteiger partial charge in [-0.15, -0.1) is 0 Å². The first-order valence-electron chi connectivity index (χ1n) is 8.77. The van der Waals surface area contributed by atoms with Gasteiger partial charge in [0.05, 0.1) is 0 Å². The first-order valence-corrected chi connectivity index (χ1v) is 10.5. The summed E-state index contributed by atoms with van der Waals surface area (Å²) >= 11 is -0.240. The average Bonchev–Trinajstić information content (AvgIpc) is 3.29. The summed E-state index contributed by atoms with van der Waals surface area (Å²) in [4.78, 5) is 32.1. The van der Waals surface area contributed by atoms with Gasteiger partial charge in [-0.25, -0.2) is 0 Å². The van der Waals surface area contributed by atoms with Crippen molar-refractivity contribution in [2.75, 3.05) is 10.6 Å². The molecule has 0 unspecified atom stereocenters. The Bertz CT molecular complexity index is 1140. The van der Waals surface area contributed by atoms with E-state index in [1.165, 1.54) is 0 Å². The number of amides is 2. The second-order valence-electron chi connectivity index (χ2n) is 6.43. The Kier molecular flexibility index (Phi) is 5.10. The molecule has 0 radical (unpaired) electrons. The van der Waals surface area contributed by atoms with Gasteiger partial charge >= 0.3 is 168 Å². The molecule has 0 saturated heterocycles. The topological polar surface area (TPSA) is 86.9 Å². The minimum absolute atomic E-state index is 0.0980. The first-order chi connectivity index (χ1) is 13.6. The van der Waals surface area contributed by atoms with E-state index < -0.39 is 0 Å². The number of H-pyrrole nitrogens is 1. The Morgan fingerprint density at radius 2 is 1.86 bits per heavy atom. The van der Waals surface area contributed by atoms with Crippen LogP contribution in [-0.4, -0.2) is 36.3 Å². The van der Waals surface area contributed by atoms with Crippen molar-refractivity contribution in [3.8, 4) is 0 Å². The van der Waals surface area contributed by atoms with Crippen LogP contribution < -0.4 is 10.6 Å². The van der Waals surface area contributed by atoms with Crippen molar-refractivity contribution in [2.45, 2.75) is 13.3 Å². The monoisotopic (exact) mass is 438 g/mol. The number of aryl methyl sites for hydroxylation is 1. The summed E-state index contributed by atoms with van der Waals surface area (Å²) in [6.07, 6.45) is 3.75. The molecular weight excluding hydrogens is 419 g/mol. The van der Waals surface area contributed by atoms with E-state index in [1.54, 1.807) is 18.3 Å². The predicted molar refractivity (Wildman–Crippen MR) is 111 cm³/mol. The molecule has 0 bridgehead atoms. The van der Waals surface area contributed by atoms with Crippen molar-refractivity contribution >= 4 is 46.5 Å². The third kappa shape index (κ3) is 4.06. The zero-order valence-corrected chi connectivity index (χ0v) is 16.9. The van der Waals surface area contributed by atoms with Crippen LogP contribution in [0.4, 0.5) is 9.25 Å². The summed E-state index contributed by atoms with van der Waals surface area (Å²) in [5, 5.41) is 6.77. The normalized spacial score (nSPS) is 10.8. The molecular formula is C21H18N4O2Se. The van der Waals surface area contributed by atoms with E-state index >= 15 is 0 Å². The van der Waals surface area contributed by atoms with E-state index in [2.05, 4.69) is 20.6 Å². The molecule has 28 heavy (non-hydrogen) atoms. The molecule has 0 fully saturated rings. The number of aromatic nitrogens is 2. The molecule has 6 nitrogen and oxygen atoms in total. The number of carbonyl (C=O) groups excluding carboxylic acids is 2. The summed E-state index contributed by atoms with van der Waals surface area (Å²) in [7, 11) is 0. The molecule has 2 aromatic heterocycles. The molecule has 2 aromatic carbocycles. The molecule has 4 rings (SSSR count). The Morgan fingerprint density at radius 3 is 2.68 bits per heavy atom. The minimum atomic E-state index is -0.240.